The van der Waals surface area contributed by atoms with Gasteiger partial charge in [0.1, 0.15) is 0 Å². The molecule has 5 nitrogen and oxygen atoms in total. The molecule has 0 saturated heterocycles. The maximum Gasteiger partial charge on any atom is 1.00 e. The zero-order valence-electron chi connectivity index (χ0n) is 5.70. The van der Waals surface area contributed by atoms with Crippen LogP contribution in [-0.4, -0.2) is 17.8 Å². The van der Waals surface area contributed by atoms with E-state index in [4.69, 9.17) is 25.6 Å². The molecule has 0 aromatic carbocycles. The van der Waals surface area contributed by atoms with Crippen LogP contribution in [0.5, 0.6) is 0 Å². The molecule has 0 bridgehead atoms. The van der Waals surface area contributed by atoms with E-state index in [-0.39, 0.29) is 56.6 Å². The monoisotopic (exact) mass is 114 g/mol. The van der Waals surface area contributed by atoms with Gasteiger partial charge in [-0.25, -0.2) is 0 Å². The number of hydrogen-bond acceptors (Lipinski definition) is 5. The van der Waals surface area contributed by atoms with Crippen LogP contribution in [0.1, 0.15) is 0 Å². The van der Waals surface area contributed by atoms with Gasteiger partial charge in [-0.1, -0.05) is 0 Å². The minimum absolute atomic E-state index is 0. The van der Waals surface area contributed by atoms with E-state index in [9.17, 15) is 0 Å². The second-order valence-electron chi connectivity index (χ2n) is 0.289. The van der Waals surface area contributed by atoms with Crippen molar-refractivity contribution in [2.24, 2.45) is 0 Å². The van der Waals surface area contributed by atoms with Gasteiger partial charge in [-0.15, -0.1) is 0 Å². The van der Waals surface area contributed by atoms with Gasteiger partial charge in [0.2, 0.25) is 0 Å². The van der Waals surface area contributed by atoms with Gasteiger partial charge in [0.15, 0.2) is 0 Å². The Kier molecular flexibility index (Phi) is 115. The van der Waals surface area contributed by atoms with Gasteiger partial charge in [0, 0.05) is 0 Å². The summed E-state index contributed by atoms with van der Waals surface area (Å²) in [6.07, 6.45) is 0. The molecule has 9 heteroatoms. The summed E-state index contributed by atoms with van der Waals surface area (Å²) in [5.41, 5.74) is 0. The summed E-state index contributed by atoms with van der Waals surface area (Å²) < 4.78 is 0. The third-order valence-corrected chi connectivity index (χ3v) is 0. The van der Waals surface area contributed by atoms with Crippen LogP contribution >= 0.6 is 0 Å². The van der Waals surface area contributed by atoms with E-state index in [0.29, 0.717) is 0 Å². The maximum absolute atomic E-state index is 8.42. The predicted octanol–water partition coefficient (Wildman–Crippen LogP) is -12.9. The van der Waals surface area contributed by atoms with Crippen molar-refractivity contribution in [1.29, 1.82) is 0 Å². The molecule has 0 unspecified atom stereocenters. The molecular formula is H2BLi3O5. The normalized spacial score (nSPS) is 3.67. The fraction of sp³-hybridized carbons (Fsp3) is 0. The van der Waals surface area contributed by atoms with Crippen molar-refractivity contribution in [3.05, 3.63) is 0 Å². The van der Waals surface area contributed by atoms with Crippen LogP contribution in [-0.2, 0) is 0 Å². The molecule has 0 aromatic rings. The molecule has 0 rings (SSSR count). The third kappa shape index (κ3) is 206. The predicted molar refractivity (Wildman–Crippen MR) is 11.0 cm³/mol. The smallest absolute Gasteiger partial charge is 0.907 e. The van der Waals surface area contributed by atoms with Crippen LogP contribution in [0.4, 0.5) is 0 Å². The second kappa shape index (κ2) is 33.4. The molecule has 0 aliphatic heterocycles. The summed E-state index contributed by atoms with van der Waals surface area (Å²) in [5.74, 6) is 0. The average molecular weight is 114 g/mol. The van der Waals surface area contributed by atoms with E-state index < -0.39 is 7.32 Å². The molecule has 0 radical (unpaired) electrons. The Hall–Kier alpha value is 1.66. The molecule has 9 heavy (non-hydrogen) atoms. The quantitative estimate of drug-likeness (QED) is 0.184. The van der Waals surface area contributed by atoms with Crippen LogP contribution in [0.25, 0.3) is 0 Å². The molecule has 0 saturated carbocycles. The van der Waals surface area contributed by atoms with E-state index in [1.807, 2.05) is 0 Å². The molecule has 0 amide bonds. The van der Waals surface area contributed by atoms with Crippen LogP contribution in [0, 0.1) is 0 Å². The Bertz CT molecular complexity index is 16.9. The van der Waals surface area contributed by atoms with Gasteiger partial charge >= 0.3 is 56.6 Å². The molecule has 38 valence electrons. The Labute approximate surface area is 89.1 Å². The molecule has 0 aromatic heterocycles. The first-order valence-electron chi connectivity index (χ1n) is 0.907. The maximum atomic E-state index is 8.42. The van der Waals surface area contributed by atoms with Gasteiger partial charge < -0.3 is 15.1 Å². The summed E-state index contributed by atoms with van der Waals surface area (Å²) in [6, 6.07) is 0. The van der Waals surface area contributed by atoms with Gasteiger partial charge in [0.25, 0.3) is 0 Å². The summed E-state index contributed by atoms with van der Waals surface area (Å²) in [4.78, 5) is 0. The van der Waals surface area contributed by atoms with Crippen LogP contribution in [0.2, 0.25) is 0 Å². The summed E-state index contributed by atoms with van der Waals surface area (Å²) in [5, 5.41) is 37.2. The molecule has 0 heterocycles. The molecule has 0 fully saturated rings. The standard InChI is InChI=1S/BO3.3Li.H2O2/c2-1(3)4;;;;1-2/h;;;;1-2H/q-3;3*+1;. The SMILES string of the molecule is OO.[Li+].[Li+].[Li+].[O-]B([O-])[O-]. The third-order valence-electron chi connectivity index (χ3n) is 0. The zero-order valence-corrected chi connectivity index (χ0v) is 5.70. The molecule has 0 atom stereocenters. The first kappa shape index (κ1) is 31.1. The molecule has 0 aliphatic carbocycles. The second-order valence-corrected chi connectivity index (χ2v) is 0.289. The number of hydrogen-bond donors (Lipinski definition) is 2. The fourth-order valence-electron chi connectivity index (χ4n) is 0. The average Bonchev–Trinajstić information content (AvgIpc) is 1.41. The fourth-order valence-corrected chi connectivity index (χ4v) is 0. The van der Waals surface area contributed by atoms with Crippen molar-refractivity contribution >= 4 is 7.32 Å². The van der Waals surface area contributed by atoms with E-state index in [2.05, 4.69) is 0 Å². The Morgan fingerprint density at radius 2 is 0.778 bits per heavy atom. The zero-order chi connectivity index (χ0) is 5.58. The summed E-state index contributed by atoms with van der Waals surface area (Å²) in [7, 11) is -2.92. The van der Waals surface area contributed by atoms with E-state index >= 15 is 0 Å². The largest absolute Gasteiger partial charge is 1.00 e. The minimum atomic E-state index is -2.92. The van der Waals surface area contributed by atoms with Crippen molar-refractivity contribution in [2.75, 3.05) is 0 Å². The van der Waals surface area contributed by atoms with E-state index in [1.165, 1.54) is 0 Å². The Morgan fingerprint density at radius 3 is 0.778 bits per heavy atom. The van der Waals surface area contributed by atoms with Crippen molar-refractivity contribution in [1.82, 2.24) is 0 Å². The van der Waals surface area contributed by atoms with Crippen LogP contribution in [0.15, 0.2) is 0 Å². The summed E-state index contributed by atoms with van der Waals surface area (Å²) in [6.45, 7) is 0. The van der Waals surface area contributed by atoms with E-state index in [0.717, 1.165) is 0 Å². The Balaban J connectivity index is -0.00000000990. The van der Waals surface area contributed by atoms with Gasteiger partial charge in [0.05, 0.1) is 0 Å². The molecule has 2 N–H and O–H groups in total. The van der Waals surface area contributed by atoms with Crippen molar-refractivity contribution in [2.45, 2.75) is 0 Å². The first-order chi connectivity index (χ1) is 2.73. The molecule has 0 aliphatic rings. The van der Waals surface area contributed by atoms with Gasteiger partial charge in [-0.05, 0) is 0 Å². The minimum Gasteiger partial charge on any atom is -0.907 e. The van der Waals surface area contributed by atoms with Crippen molar-refractivity contribution in [3.8, 4) is 0 Å². The van der Waals surface area contributed by atoms with Crippen molar-refractivity contribution < 1.29 is 82.2 Å². The number of rotatable bonds is 0. The van der Waals surface area contributed by atoms with Crippen LogP contribution in [0.3, 0.4) is 0 Å². The van der Waals surface area contributed by atoms with Crippen molar-refractivity contribution in [3.63, 3.8) is 0 Å². The van der Waals surface area contributed by atoms with Gasteiger partial charge in [-0.3, -0.25) is 17.8 Å². The summed E-state index contributed by atoms with van der Waals surface area (Å²) >= 11 is 0. The molecule has 0 spiro atoms. The van der Waals surface area contributed by atoms with E-state index in [1.54, 1.807) is 0 Å². The Morgan fingerprint density at radius 1 is 0.778 bits per heavy atom. The van der Waals surface area contributed by atoms with Crippen LogP contribution < -0.4 is 71.7 Å². The van der Waals surface area contributed by atoms with Gasteiger partial charge in [-0.2, -0.15) is 0 Å². The topological polar surface area (TPSA) is 110 Å². The first-order valence-corrected chi connectivity index (χ1v) is 0.907. The molecular weight excluding hydrogens is 112 g/mol.